The average Bonchev–Trinajstić information content (AvgIpc) is 3.38. The molecule has 3 aromatic heterocycles. The average molecular weight is 428 g/mol. The van der Waals surface area contributed by atoms with Gasteiger partial charge in [0, 0.05) is 26.0 Å². The van der Waals surface area contributed by atoms with E-state index in [1.807, 2.05) is 37.4 Å². The number of methoxy groups -OCH3 is 1. The van der Waals surface area contributed by atoms with E-state index in [-0.39, 0.29) is 24.2 Å². The second-order valence-electron chi connectivity index (χ2n) is 7.84. The summed E-state index contributed by atoms with van der Waals surface area (Å²) in [6.45, 7) is 4.93. The van der Waals surface area contributed by atoms with Crippen molar-refractivity contribution in [1.82, 2.24) is 25.1 Å². The summed E-state index contributed by atoms with van der Waals surface area (Å²) in [5.74, 6) is 0.226. The Bertz CT molecular complexity index is 1020. The van der Waals surface area contributed by atoms with Crippen LogP contribution in [0.25, 0.3) is 16.5 Å². The lowest BCUT2D eigenvalue weighted by Gasteiger charge is -2.35. The van der Waals surface area contributed by atoms with E-state index in [1.165, 1.54) is 0 Å². The van der Waals surface area contributed by atoms with Crippen LogP contribution in [0.5, 0.6) is 0 Å². The largest absolute Gasteiger partial charge is 0.378 e. The molecule has 1 atom stereocenters. The van der Waals surface area contributed by atoms with E-state index >= 15 is 0 Å². The number of rotatable bonds is 6. The lowest BCUT2D eigenvalue weighted by Crippen LogP contribution is -2.45. The lowest BCUT2D eigenvalue weighted by atomic mass is 9.94. The molecule has 1 aliphatic rings. The van der Waals surface area contributed by atoms with E-state index in [0.29, 0.717) is 23.8 Å². The van der Waals surface area contributed by atoms with E-state index in [2.05, 4.69) is 20.4 Å². The van der Waals surface area contributed by atoms with Gasteiger partial charge >= 0.3 is 0 Å². The van der Waals surface area contributed by atoms with E-state index < -0.39 is 0 Å². The van der Waals surface area contributed by atoms with Crippen LogP contribution in [0.15, 0.2) is 36.0 Å². The molecule has 0 spiro atoms. The zero-order chi connectivity index (χ0) is 21.1. The fraction of sp³-hybridized carbons (Fsp3) is 0.429. The standard InChI is InChI=1S/C21H25N5O3S/c1-21(2)11-14(7-9-29-21)24-19(27)15-12-23-26(17(15)13-28-3)20-22-8-6-16(25-20)18-5-4-10-30-18/h4-6,8,10,12,14H,7,9,11,13H2,1-3H3,(H,24,27). The first-order chi connectivity index (χ1) is 14.5. The predicted octanol–water partition coefficient (Wildman–Crippen LogP) is 3.22. The molecule has 3 aromatic rings. The Morgan fingerprint density at radius 1 is 1.43 bits per heavy atom. The Labute approximate surface area is 179 Å². The first-order valence-corrected chi connectivity index (χ1v) is 10.7. The van der Waals surface area contributed by atoms with Gasteiger partial charge in [0.25, 0.3) is 11.9 Å². The number of carbonyl (C=O) groups excluding carboxylic acids is 1. The summed E-state index contributed by atoms with van der Waals surface area (Å²) in [7, 11) is 1.59. The molecule has 4 heterocycles. The van der Waals surface area contributed by atoms with Gasteiger partial charge in [0.2, 0.25) is 0 Å². The lowest BCUT2D eigenvalue weighted by molar-refractivity contribution is -0.0615. The Hall–Kier alpha value is -2.62. The number of aromatic nitrogens is 4. The van der Waals surface area contributed by atoms with E-state index in [1.54, 1.807) is 35.5 Å². The van der Waals surface area contributed by atoms with E-state index in [0.717, 1.165) is 23.4 Å². The van der Waals surface area contributed by atoms with Gasteiger partial charge in [-0.05, 0) is 44.2 Å². The Morgan fingerprint density at radius 3 is 3.03 bits per heavy atom. The number of amides is 1. The number of nitrogens with one attached hydrogen (secondary N) is 1. The minimum Gasteiger partial charge on any atom is -0.378 e. The van der Waals surface area contributed by atoms with E-state index in [4.69, 9.17) is 9.47 Å². The number of carbonyl (C=O) groups is 1. The van der Waals surface area contributed by atoms with E-state index in [9.17, 15) is 4.79 Å². The summed E-state index contributed by atoms with van der Waals surface area (Å²) in [6.07, 6.45) is 4.79. The van der Waals surface area contributed by atoms with Crippen LogP contribution >= 0.6 is 11.3 Å². The first kappa shape index (κ1) is 20.6. The molecule has 4 rings (SSSR count). The molecule has 8 nitrogen and oxygen atoms in total. The highest BCUT2D eigenvalue weighted by atomic mass is 32.1. The van der Waals surface area contributed by atoms with Gasteiger partial charge in [-0.15, -0.1) is 11.3 Å². The molecule has 0 aromatic carbocycles. The van der Waals surface area contributed by atoms with Crippen LogP contribution in [-0.2, 0) is 16.1 Å². The van der Waals surface area contributed by atoms with Gasteiger partial charge in [0.05, 0.1) is 40.2 Å². The molecule has 1 saturated heterocycles. The van der Waals surface area contributed by atoms with Crippen molar-refractivity contribution >= 4 is 17.2 Å². The number of hydrogen-bond donors (Lipinski definition) is 1. The summed E-state index contributed by atoms with van der Waals surface area (Å²) in [6, 6.07) is 5.89. The van der Waals surface area contributed by atoms with Crippen LogP contribution in [0.2, 0.25) is 0 Å². The Morgan fingerprint density at radius 2 is 2.30 bits per heavy atom. The molecule has 0 aliphatic carbocycles. The molecule has 1 unspecified atom stereocenters. The van der Waals surface area contributed by atoms with Crippen molar-refractivity contribution in [2.24, 2.45) is 0 Å². The zero-order valence-electron chi connectivity index (χ0n) is 17.3. The van der Waals surface area contributed by atoms with Crippen molar-refractivity contribution in [3.05, 3.63) is 47.2 Å². The predicted molar refractivity (Wildman–Crippen MR) is 114 cm³/mol. The second-order valence-corrected chi connectivity index (χ2v) is 8.79. The third-order valence-corrected chi connectivity index (χ3v) is 5.93. The van der Waals surface area contributed by atoms with Crippen molar-refractivity contribution in [2.75, 3.05) is 13.7 Å². The summed E-state index contributed by atoms with van der Waals surface area (Å²) >= 11 is 1.60. The van der Waals surface area contributed by atoms with Crippen LogP contribution in [0.3, 0.4) is 0 Å². The SMILES string of the molecule is COCc1c(C(=O)NC2CCOC(C)(C)C2)cnn1-c1nccc(-c2cccs2)n1. The summed E-state index contributed by atoms with van der Waals surface area (Å²) < 4.78 is 12.7. The van der Waals surface area contributed by atoms with Crippen LogP contribution in [0.4, 0.5) is 0 Å². The molecule has 1 N–H and O–H groups in total. The van der Waals surface area contributed by atoms with Gasteiger partial charge in [0.15, 0.2) is 0 Å². The quantitative estimate of drug-likeness (QED) is 0.649. The van der Waals surface area contributed by atoms with Crippen molar-refractivity contribution < 1.29 is 14.3 Å². The number of ether oxygens (including phenoxy) is 2. The van der Waals surface area contributed by atoms with Crippen LogP contribution < -0.4 is 5.32 Å². The topological polar surface area (TPSA) is 91.2 Å². The maximum absolute atomic E-state index is 13.0. The second kappa shape index (κ2) is 8.63. The zero-order valence-corrected chi connectivity index (χ0v) is 18.1. The first-order valence-electron chi connectivity index (χ1n) is 9.85. The number of hydrogen-bond acceptors (Lipinski definition) is 7. The van der Waals surface area contributed by atoms with Crippen LogP contribution in [0, 0.1) is 0 Å². The maximum Gasteiger partial charge on any atom is 0.255 e. The van der Waals surface area contributed by atoms with Crippen molar-refractivity contribution in [3.63, 3.8) is 0 Å². The molecule has 9 heteroatoms. The van der Waals surface area contributed by atoms with Crippen molar-refractivity contribution in [3.8, 4) is 16.5 Å². The van der Waals surface area contributed by atoms with Crippen LogP contribution in [-0.4, -0.2) is 51.0 Å². The van der Waals surface area contributed by atoms with Gasteiger partial charge in [-0.3, -0.25) is 4.79 Å². The molecule has 1 fully saturated rings. The minimum atomic E-state index is -0.244. The monoisotopic (exact) mass is 427 g/mol. The smallest absolute Gasteiger partial charge is 0.255 e. The Kier molecular flexibility index (Phi) is 5.94. The van der Waals surface area contributed by atoms with Crippen LogP contribution in [0.1, 0.15) is 42.7 Å². The maximum atomic E-state index is 13.0. The highest BCUT2D eigenvalue weighted by molar-refractivity contribution is 7.13. The molecule has 158 valence electrons. The highest BCUT2D eigenvalue weighted by Gasteiger charge is 2.31. The van der Waals surface area contributed by atoms with Crippen molar-refractivity contribution in [1.29, 1.82) is 0 Å². The molecular weight excluding hydrogens is 402 g/mol. The Balaban J connectivity index is 1.61. The number of thiophene rings is 1. The fourth-order valence-electron chi connectivity index (χ4n) is 3.64. The minimum absolute atomic E-state index is 0.0541. The fourth-order valence-corrected chi connectivity index (χ4v) is 4.34. The molecule has 0 bridgehead atoms. The molecular formula is C21H25N5O3S. The van der Waals surface area contributed by atoms with Gasteiger partial charge < -0.3 is 14.8 Å². The summed E-state index contributed by atoms with van der Waals surface area (Å²) in [4.78, 5) is 23.1. The highest BCUT2D eigenvalue weighted by Crippen LogP contribution is 2.25. The molecule has 1 aliphatic heterocycles. The molecule has 0 radical (unpaired) electrons. The third-order valence-electron chi connectivity index (χ3n) is 5.03. The molecule has 0 saturated carbocycles. The summed E-state index contributed by atoms with van der Waals surface area (Å²) in [5.41, 5.74) is 1.64. The number of nitrogens with zero attached hydrogens (tertiary/aromatic N) is 4. The van der Waals surface area contributed by atoms with Gasteiger partial charge in [0.1, 0.15) is 0 Å². The molecule has 30 heavy (non-hydrogen) atoms. The molecule has 1 amide bonds. The van der Waals surface area contributed by atoms with Gasteiger partial charge in [-0.1, -0.05) is 6.07 Å². The van der Waals surface area contributed by atoms with Crippen molar-refractivity contribution in [2.45, 2.75) is 44.9 Å². The summed E-state index contributed by atoms with van der Waals surface area (Å²) in [5, 5.41) is 9.52. The normalized spacial score (nSPS) is 18.3. The van der Waals surface area contributed by atoms with Gasteiger partial charge in [-0.2, -0.15) is 9.78 Å². The van der Waals surface area contributed by atoms with Gasteiger partial charge in [-0.25, -0.2) is 9.97 Å². The third kappa shape index (κ3) is 4.43.